The number of hydrogen-bond donors (Lipinski definition) is 0. The Morgan fingerprint density at radius 3 is 0.786 bits per heavy atom. The van der Waals surface area contributed by atoms with Crippen molar-refractivity contribution in [1.29, 1.82) is 0 Å². The first-order valence-corrected chi connectivity index (χ1v) is 19.1. The molecule has 0 unspecified atom stereocenters. The van der Waals surface area contributed by atoms with Crippen LogP contribution < -0.4 is 9.80 Å². The fourth-order valence-electron chi connectivity index (χ4n) is 7.44. The van der Waals surface area contributed by atoms with E-state index in [-0.39, 0.29) is 0 Å². The molecule has 0 saturated heterocycles. The summed E-state index contributed by atoms with van der Waals surface area (Å²) in [6, 6.07) is 86.6. The molecule has 9 rings (SSSR count). The lowest BCUT2D eigenvalue weighted by Crippen LogP contribution is -2.10. The summed E-state index contributed by atoms with van der Waals surface area (Å²) in [6.45, 7) is 0. The normalized spacial score (nSPS) is 10.9. The highest BCUT2D eigenvalue weighted by Crippen LogP contribution is 2.40. The lowest BCUT2D eigenvalue weighted by molar-refractivity contribution is 1.28. The molecule has 0 aliphatic heterocycles. The van der Waals surface area contributed by atoms with E-state index in [1.807, 2.05) is 0 Å². The molecule has 0 heterocycles. The van der Waals surface area contributed by atoms with Crippen LogP contribution in [0, 0.1) is 0 Å². The van der Waals surface area contributed by atoms with Crippen molar-refractivity contribution in [3.05, 3.63) is 243 Å². The van der Waals surface area contributed by atoms with Crippen molar-refractivity contribution in [1.82, 2.24) is 0 Å². The average Bonchev–Trinajstić information content (AvgIpc) is 3.29. The molecule has 0 atom stereocenters. The van der Waals surface area contributed by atoms with Gasteiger partial charge in [0.25, 0.3) is 0 Å². The van der Waals surface area contributed by atoms with E-state index >= 15 is 0 Å². The van der Waals surface area contributed by atoms with E-state index in [0.717, 1.165) is 45.3 Å². The lowest BCUT2D eigenvalue weighted by atomic mass is 9.98. The van der Waals surface area contributed by atoms with Crippen LogP contribution in [-0.2, 0) is 0 Å². The van der Waals surface area contributed by atoms with E-state index in [0.29, 0.717) is 0 Å². The smallest absolute Gasteiger partial charge is 0.0467 e. The van der Waals surface area contributed by atoms with Crippen LogP contribution in [0.5, 0.6) is 0 Å². The van der Waals surface area contributed by atoms with E-state index in [2.05, 4.69) is 252 Å². The SMILES string of the molecule is c1ccc(-c2ccc(N(c3ccccc3)c3cccc(-c4cccc(-c5cccc(N(c6ccccc6)c6ccc(-c7ccccc7)cc6)c5)c4)c3)cc2)cc1. The number of hydrogen-bond acceptors (Lipinski definition) is 2. The Morgan fingerprint density at radius 2 is 0.411 bits per heavy atom. The Bertz CT molecular complexity index is 2470. The van der Waals surface area contributed by atoms with Crippen LogP contribution in [-0.4, -0.2) is 0 Å². The maximum atomic E-state index is 2.33. The minimum atomic E-state index is 1.10. The molecule has 0 aliphatic rings. The first kappa shape index (κ1) is 34.4. The largest absolute Gasteiger partial charge is 0.310 e. The fraction of sp³-hybridized carbons (Fsp3) is 0. The second-order valence-electron chi connectivity index (χ2n) is 13.8. The molecule has 0 radical (unpaired) electrons. The fourth-order valence-corrected chi connectivity index (χ4v) is 7.44. The molecule has 2 heteroatoms. The third-order valence-electron chi connectivity index (χ3n) is 10.2. The lowest BCUT2D eigenvalue weighted by Gasteiger charge is -2.26. The molecule has 0 amide bonds. The minimum Gasteiger partial charge on any atom is -0.310 e. The first-order valence-electron chi connectivity index (χ1n) is 19.1. The number of nitrogens with zero attached hydrogens (tertiary/aromatic N) is 2. The van der Waals surface area contributed by atoms with E-state index < -0.39 is 0 Å². The van der Waals surface area contributed by atoms with Crippen molar-refractivity contribution in [3.63, 3.8) is 0 Å². The van der Waals surface area contributed by atoms with Crippen molar-refractivity contribution in [2.24, 2.45) is 0 Å². The van der Waals surface area contributed by atoms with Gasteiger partial charge >= 0.3 is 0 Å². The van der Waals surface area contributed by atoms with Gasteiger partial charge in [-0.05, 0) is 123 Å². The maximum Gasteiger partial charge on any atom is 0.0467 e. The standard InChI is InChI=1S/C54H40N2/c1-5-16-41(17-6-1)43-30-34-51(35-31-43)55(49-24-9-3-10-25-49)53-28-14-22-47(39-53)45-20-13-21-46(38-45)48-23-15-29-54(40-48)56(50-26-11-4-12-27-50)52-36-32-44(33-37-52)42-18-7-2-8-19-42/h1-40H. The Kier molecular flexibility index (Phi) is 9.75. The summed E-state index contributed by atoms with van der Waals surface area (Å²) in [7, 11) is 0. The quantitative estimate of drug-likeness (QED) is 0.139. The van der Waals surface area contributed by atoms with Crippen LogP contribution in [0.1, 0.15) is 0 Å². The van der Waals surface area contributed by atoms with Crippen LogP contribution in [0.15, 0.2) is 243 Å². The van der Waals surface area contributed by atoms with E-state index in [9.17, 15) is 0 Å². The molecular weight excluding hydrogens is 677 g/mol. The molecule has 0 aliphatic carbocycles. The second-order valence-corrected chi connectivity index (χ2v) is 13.8. The van der Waals surface area contributed by atoms with Gasteiger partial charge < -0.3 is 9.80 Å². The summed E-state index contributed by atoms with van der Waals surface area (Å²) in [6.07, 6.45) is 0. The molecule has 266 valence electrons. The molecule has 2 nitrogen and oxygen atoms in total. The molecule has 9 aromatic rings. The topological polar surface area (TPSA) is 6.48 Å². The second kappa shape index (κ2) is 15.9. The van der Waals surface area contributed by atoms with Crippen LogP contribution in [0.3, 0.4) is 0 Å². The monoisotopic (exact) mass is 716 g/mol. The van der Waals surface area contributed by atoms with Gasteiger partial charge in [0.05, 0.1) is 0 Å². The third-order valence-corrected chi connectivity index (χ3v) is 10.2. The van der Waals surface area contributed by atoms with Crippen molar-refractivity contribution < 1.29 is 0 Å². The zero-order valence-electron chi connectivity index (χ0n) is 31.0. The van der Waals surface area contributed by atoms with Gasteiger partial charge in [0, 0.05) is 34.1 Å². The van der Waals surface area contributed by atoms with E-state index in [1.54, 1.807) is 0 Å². The summed E-state index contributed by atoms with van der Waals surface area (Å²) in [5, 5.41) is 0. The van der Waals surface area contributed by atoms with Crippen LogP contribution in [0.2, 0.25) is 0 Å². The van der Waals surface area contributed by atoms with Crippen molar-refractivity contribution in [3.8, 4) is 44.5 Å². The summed E-state index contributed by atoms with van der Waals surface area (Å²) in [5.74, 6) is 0. The minimum absolute atomic E-state index is 1.10. The van der Waals surface area contributed by atoms with Crippen molar-refractivity contribution in [2.45, 2.75) is 0 Å². The molecular formula is C54H40N2. The molecule has 56 heavy (non-hydrogen) atoms. The average molecular weight is 717 g/mol. The maximum absolute atomic E-state index is 2.33. The van der Waals surface area contributed by atoms with Gasteiger partial charge in [0.1, 0.15) is 0 Å². The molecule has 0 fully saturated rings. The molecule has 0 spiro atoms. The van der Waals surface area contributed by atoms with Gasteiger partial charge in [0.15, 0.2) is 0 Å². The van der Waals surface area contributed by atoms with E-state index in [1.165, 1.54) is 33.4 Å². The zero-order chi connectivity index (χ0) is 37.5. The summed E-state index contributed by atoms with van der Waals surface area (Å²) < 4.78 is 0. The summed E-state index contributed by atoms with van der Waals surface area (Å²) in [5.41, 5.74) is 16.1. The molecule has 0 saturated carbocycles. The van der Waals surface area contributed by atoms with Crippen molar-refractivity contribution >= 4 is 34.1 Å². The highest BCUT2D eigenvalue weighted by molar-refractivity contribution is 5.84. The van der Waals surface area contributed by atoms with Gasteiger partial charge in [-0.2, -0.15) is 0 Å². The summed E-state index contributed by atoms with van der Waals surface area (Å²) >= 11 is 0. The number of rotatable bonds is 10. The Labute approximate surface area is 329 Å². The molecule has 0 bridgehead atoms. The predicted molar refractivity (Wildman–Crippen MR) is 238 cm³/mol. The number of benzene rings is 9. The molecule has 0 aromatic heterocycles. The molecule has 9 aromatic carbocycles. The van der Waals surface area contributed by atoms with Crippen molar-refractivity contribution in [2.75, 3.05) is 9.80 Å². The van der Waals surface area contributed by atoms with Crippen LogP contribution in [0.25, 0.3) is 44.5 Å². The number of para-hydroxylation sites is 2. The van der Waals surface area contributed by atoms with Crippen LogP contribution in [0.4, 0.5) is 34.1 Å². The Balaban J connectivity index is 1.05. The predicted octanol–water partition coefficient (Wildman–Crippen LogP) is 15.3. The number of anilines is 6. The van der Waals surface area contributed by atoms with Gasteiger partial charge in [0.2, 0.25) is 0 Å². The van der Waals surface area contributed by atoms with Gasteiger partial charge in [-0.3, -0.25) is 0 Å². The highest BCUT2D eigenvalue weighted by Gasteiger charge is 2.16. The zero-order valence-corrected chi connectivity index (χ0v) is 31.0. The highest BCUT2D eigenvalue weighted by atomic mass is 15.1. The third kappa shape index (κ3) is 7.37. The Hall–Kier alpha value is -7.42. The molecule has 0 N–H and O–H groups in total. The van der Waals surface area contributed by atoms with Gasteiger partial charge in [-0.25, -0.2) is 0 Å². The Morgan fingerprint density at radius 1 is 0.161 bits per heavy atom. The van der Waals surface area contributed by atoms with E-state index in [4.69, 9.17) is 0 Å². The van der Waals surface area contributed by atoms with Gasteiger partial charge in [-0.15, -0.1) is 0 Å². The van der Waals surface area contributed by atoms with Gasteiger partial charge in [-0.1, -0.05) is 164 Å². The van der Waals surface area contributed by atoms with Crippen LogP contribution >= 0.6 is 0 Å². The summed E-state index contributed by atoms with van der Waals surface area (Å²) in [4.78, 5) is 4.66. The first-order chi connectivity index (χ1) is 27.8.